The maximum atomic E-state index is 5.45. The van der Waals surface area contributed by atoms with Crippen LogP contribution in [0.15, 0.2) is 24.3 Å². The van der Waals surface area contributed by atoms with Crippen LogP contribution >= 0.6 is 11.5 Å². The first-order chi connectivity index (χ1) is 9.19. The largest absolute Gasteiger partial charge is 0.496 e. The molecular weight excluding hydrogens is 258 g/mol. The summed E-state index contributed by atoms with van der Waals surface area (Å²) in [7, 11) is 3.64. The molecule has 5 heteroatoms. The van der Waals surface area contributed by atoms with E-state index in [4.69, 9.17) is 4.74 Å². The second-order valence-electron chi connectivity index (χ2n) is 4.64. The SMILES string of the molecule is CNC(c1ccccc1OC)c1snnc1C(C)C. The molecule has 1 heterocycles. The Morgan fingerprint density at radius 2 is 2.00 bits per heavy atom. The van der Waals surface area contributed by atoms with Crippen molar-refractivity contribution in [3.05, 3.63) is 40.4 Å². The molecule has 0 aliphatic carbocycles. The molecule has 0 saturated heterocycles. The summed E-state index contributed by atoms with van der Waals surface area (Å²) < 4.78 is 9.55. The second-order valence-corrected chi connectivity index (χ2v) is 5.43. The van der Waals surface area contributed by atoms with Crippen molar-refractivity contribution < 1.29 is 4.74 Å². The van der Waals surface area contributed by atoms with Crippen LogP contribution < -0.4 is 10.1 Å². The fourth-order valence-corrected chi connectivity index (χ4v) is 3.07. The van der Waals surface area contributed by atoms with E-state index in [1.165, 1.54) is 11.5 Å². The lowest BCUT2D eigenvalue weighted by molar-refractivity contribution is 0.405. The lowest BCUT2D eigenvalue weighted by Gasteiger charge is -2.19. The Bertz CT molecular complexity index is 539. The number of ether oxygens (including phenoxy) is 1. The predicted octanol–water partition coefficient (Wildman–Crippen LogP) is 2.98. The fraction of sp³-hybridized carbons (Fsp3) is 0.429. The Kier molecular flexibility index (Phi) is 4.50. The van der Waals surface area contributed by atoms with Gasteiger partial charge in [-0.1, -0.05) is 36.5 Å². The number of methoxy groups -OCH3 is 1. The minimum atomic E-state index is 0.0635. The van der Waals surface area contributed by atoms with E-state index in [2.05, 4.69) is 34.8 Å². The van der Waals surface area contributed by atoms with Crippen molar-refractivity contribution in [2.75, 3.05) is 14.2 Å². The second kappa shape index (κ2) is 6.12. The number of para-hydroxylation sites is 1. The number of hydrogen-bond acceptors (Lipinski definition) is 5. The lowest BCUT2D eigenvalue weighted by atomic mass is 9.99. The first kappa shape index (κ1) is 14.0. The molecule has 0 saturated carbocycles. The molecule has 0 amide bonds. The van der Waals surface area contributed by atoms with Gasteiger partial charge in [0, 0.05) is 5.56 Å². The third kappa shape index (κ3) is 2.77. The average Bonchev–Trinajstić information content (AvgIpc) is 2.89. The van der Waals surface area contributed by atoms with Crippen LogP contribution in [0.2, 0.25) is 0 Å². The zero-order chi connectivity index (χ0) is 13.8. The topological polar surface area (TPSA) is 47.0 Å². The molecule has 1 aromatic heterocycles. The third-order valence-electron chi connectivity index (χ3n) is 3.09. The van der Waals surface area contributed by atoms with Gasteiger partial charge in [0.05, 0.1) is 23.7 Å². The van der Waals surface area contributed by atoms with Gasteiger partial charge in [-0.2, -0.15) is 0 Å². The van der Waals surface area contributed by atoms with Gasteiger partial charge < -0.3 is 10.1 Å². The van der Waals surface area contributed by atoms with Crippen LogP contribution in [0.25, 0.3) is 0 Å². The Morgan fingerprint density at radius 3 is 2.63 bits per heavy atom. The fourth-order valence-electron chi connectivity index (χ4n) is 2.14. The number of rotatable bonds is 5. The highest BCUT2D eigenvalue weighted by Gasteiger charge is 2.23. The Balaban J connectivity index is 2.47. The molecule has 19 heavy (non-hydrogen) atoms. The zero-order valence-electron chi connectivity index (χ0n) is 11.7. The molecule has 2 aromatic rings. The van der Waals surface area contributed by atoms with E-state index in [1.807, 2.05) is 25.2 Å². The standard InChI is InChI=1S/C14H19N3OS/c1-9(2)12-14(19-17-16-12)13(15-3)10-7-5-6-8-11(10)18-4/h5-9,13,15H,1-4H3. The molecule has 2 rings (SSSR count). The molecule has 0 fully saturated rings. The van der Waals surface area contributed by atoms with E-state index in [0.717, 1.165) is 21.9 Å². The van der Waals surface area contributed by atoms with Crippen molar-refractivity contribution in [1.82, 2.24) is 14.9 Å². The van der Waals surface area contributed by atoms with Gasteiger partial charge in [-0.3, -0.25) is 0 Å². The summed E-state index contributed by atoms with van der Waals surface area (Å²) in [6.07, 6.45) is 0. The molecule has 1 atom stereocenters. The quantitative estimate of drug-likeness (QED) is 0.912. The minimum absolute atomic E-state index is 0.0635. The van der Waals surface area contributed by atoms with Gasteiger partial charge in [0.15, 0.2) is 0 Å². The van der Waals surface area contributed by atoms with Gasteiger partial charge >= 0.3 is 0 Å². The molecule has 1 aromatic carbocycles. The van der Waals surface area contributed by atoms with Crippen molar-refractivity contribution in [3.63, 3.8) is 0 Å². The van der Waals surface area contributed by atoms with E-state index in [-0.39, 0.29) is 6.04 Å². The van der Waals surface area contributed by atoms with Crippen LogP contribution in [0.5, 0.6) is 5.75 Å². The first-order valence-corrected chi connectivity index (χ1v) is 7.08. The van der Waals surface area contributed by atoms with E-state index < -0.39 is 0 Å². The van der Waals surface area contributed by atoms with Gasteiger partial charge in [0.25, 0.3) is 0 Å². The predicted molar refractivity (Wildman–Crippen MR) is 77.9 cm³/mol. The molecule has 0 radical (unpaired) electrons. The summed E-state index contributed by atoms with van der Waals surface area (Å²) in [4.78, 5) is 1.15. The van der Waals surface area contributed by atoms with Crippen molar-refractivity contribution in [2.45, 2.75) is 25.8 Å². The summed E-state index contributed by atoms with van der Waals surface area (Å²) in [6.45, 7) is 4.27. The molecule has 0 bridgehead atoms. The van der Waals surface area contributed by atoms with E-state index in [1.54, 1.807) is 7.11 Å². The van der Waals surface area contributed by atoms with Crippen LogP contribution in [0.4, 0.5) is 0 Å². The van der Waals surface area contributed by atoms with Crippen LogP contribution in [-0.2, 0) is 0 Å². The highest BCUT2D eigenvalue weighted by molar-refractivity contribution is 7.05. The first-order valence-electron chi connectivity index (χ1n) is 6.31. The summed E-state index contributed by atoms with van der Waals surface area (Å²) in [5, 5.41) is 7.59. The van der Waals surface area contributed by atoms with Crippen molar-refractivity contribution in [2.24, 2.45) is 0 Å². The van der Waals surface area contributed by atoms with E-state index >= 15 is 0 Å². The van der Waals surface area contributed by atoms with Gasteiger partial charge in [-0.05, 0) is 30.6 Å². The van der Waals surface area contributed by atoms with Crippen LogP contribution in [0.1, 0.15) is 41.9 Å². The number of aromatic nitrogens is 2. The Morgan fingerprint density at radius 1 is 1.26 bits per heavy atom. The lowest BCUT2D eigenvalue weighted by Crippen LogP contribution is -2.19. The Hall–Kier alpha value is -1.46. The van der Waals surface area contributed by atoms with Crippen molar-refractivity contribution in [1.29, 1.82) is 0 Å². The normalized spacial score (nSPS) is 12.7. The van der Waals surface area contributed by atoms with Crippen LogP contribution in [-0.4, -0.2) is 23.7 Å². The number of nitrogens with zero attached hydrogens (tertiary/aromatic N) is 2. The molecule has 4 nitrogen and oxygen atoms in total. The molecule has 1 N–H and O–H groups in total. The molecular formula is C14H19N3OS. The van der Waals surface area contributed by atoms with Crippen molar-refractivity contribution in [3.8, 4) is 5.75 Å². The van der Waals surface area contributed by atoms with Gasteiger partial charge in [0.2, 0.25) is 0 Å². The summed E-state index contributed by atoms with van der Waals surface area (Å²) >= 11 is 1.45. The number of benzene rings is 1. The molecule has 0 spiro atoms. The molecule has 0 aliphatic rings. The highest BCUT2D eigenvalue weighted by atomic mass is 32.1. The minimum Gasteiger partial charge on any atom is -0.496 e. The van der Waals surface area contributed by atoms with Crippen LogP contribution in [0.3, 0.4) is 0 Å². The Labute approximate surface area is 118 Å². The third-order valence-corrected chi connectivity index (χ3v) is 3.89. The maximum Gasteiger partial charge on any atom is 0.124 e. The van der Waals surface area contributed by atoms with Crippen LogP contribution in [0, 0.1) is 0 Å². The smallest absolute Gasteiger partial charge is 0.124 e. The summed E-state index contributed by atoms with van der Waals surface area (Å²) in [5.41, 5.74) is 2.16. The van der Waals surface area contributed by atoms with E-state index in [0.29, 0.717) is 5.92 Å². The highest BCUT2D eigenvalue weighted by Crippen LogP contribution is 2.34. The molecule has 102 valence electrons. The number of nitrogens with one attached hydrogen (secondary N) is 1. The van der Waals surface area contributed by atoms with Gasteiger partial charge in [-0.15, -0.1) is 5.10 Å². The number of hydrogen-bond donors (Lipinski definition) is 1. The summed E-state index contributed by atoms with van der Waals surface area (Å²) in [6, 6.07) is 8.11. The van der Waals surface area contributed by atoms with Gasteiger partial charge in [0.1, 0.15) is 5.75 Å². The molecule has 0 aliphatic heterocycles. The van der Waals surface area contributed by atoms with Crippen molar-refractivity contribution >= 4 is 11.5 Å². The average molecular weight is 277 g/mol. The zero-order valence-corrected chi connectivity index (χ0v) is 12.5. The van der Waals surface area contributed by atoms with Gasteiger partial charge in [-0.25, -0.2) is 0 Å². The van der Waals surface area contributed by atoms with E-state index in [9.17, 15) is 0 Å². The summed E-state index contributed by atoms with van der Waals surface area (Å²) in [5.74, 6) is 1.24. The maximum absolute atomic E-state index is 5.45. The molecule has 1 unspecified atom stereocenters. The monoisotopic (exact) mass is 277 g/mol.